The third-order valence-corrected chi connectivity index (χ3v) is 4.00. The van der Waals surface area contributed by atoms with Gasteiger partial charge in [-0.05, 0) is 41.6 Å². The normalized spacial score (nSPS) is 24.6. The fourth-order valence-corrected chi connectivity index (χ4v) is 2.71. The summed E-state index contributed by atoms with van der Waals surface area (Å²) in [5.41, 5.74) is 0. The molecule has 1 atom stereocenters. The molecular weight excluding hydrogens is 276 g/mol. The van der Waals surface area contributed by atoms with Crippen LogP contribution in [0.25, 0.3) is 0 Å². The third kappa shape index (κ3) is 2.96. The summed E-state index contributed by atoms with van der Waals surface area (Å²) in [6.45, 7) is 3.39. The van der Waals surface area contributed by atoms with Crippen molar-refractivity contribution in [1.82, 2.24) is 19.2 Å². The molecule has 1 unspecified atom stereocenters. The highest BCUT2D eigenvalue weighted by atomic mass is 79.9. The topological polar surface area (TPSA) is 32.3 Å². The van der Waals surface area contributed by atoms with Crippen molar-refractivity contribution < 1.29 is 0 Å². The van der Waals surface area contributed by atoms with E-state index in [4.69, 9.17) is 0 Å². The quantitative estimate of drug-likeness (QED) is 0.816. The van der Waals surface area contributed by atoms with Crippen LogP contribution >= 0.6 is 27.5 Å². The third-order valence-electron chi connectivity index (χ3n) is 2.84. The first-order valence-corrected chi connectivity index (χ1v) is 6.58. The molecule has 0 saturated carbocycles. The lowest BCUT2D eigenvalue weighted by Crippen LogP contribution is -2.50. The maximum atomic E-state index is 4.34. The highest BCUT2D eigenvalue weighted by molar-refractivity contribution is 9.11. The van der Waals surface area contributed by atoms with E-state index in [1.54, 1.807) is 0 Å². The second-order valence-corrected chi connectivity index (χ2v) is 6.09. The Bertz CT molecular complexity index is 330. The number of piperazine rings is 1. The van der Waals surface area contributed by atoms with Crippen LogP contribution in [0.2, 0.25) is 0 Å². The summed E-state index contributed by atoms with van der Waals surface area (Å²) < 4.78 is 5.19. The van der Waals surface area contributed by atoms with Gasteiger partial charge in [-0.3, -0.25) is 0 Å². The van der Waals surface area contributed by atoms with Gasteiger partial charge in [-0.15, -0.1) is 0 Å². The van der Waals surface area contributed by atoms with Crippen molar-refractivity contribution in [3.8, 4) is 0 Å². The molecule has 1 aromatic rings. The van der Waals surface area contributed by atoms with Crippen molar-refractivity contribution in [1.29, 1.82) is 0 Å². The summed E-state index contributed by atoms with van der Waals surface area (Å²) in [6, 6.07) is 0.547. The van der Waals surface area contributed by atoms with Crippen LogP contribution in [0.4, 0.5) is 0 Å². The number of rotatable bonds is 2. The first-order chi connectivity index (χ1) is 7.15. The number of hydrogen-bond donors (Lipinski definition) is 0. The van der Waals surface area contributed by atoms with Gasteiger partial charge in [0.1, 0.15) is 5.82 Å². The van der Waals surface area contributed by atoms with Crippen LogP contribution in [-0.4, -0.2) is 58.9 Å². The molecule has 0 amide bonds. The van der Waals surface area contributed by atoms with E-state index in [1.807, 2.05) is 0 Å². The molecule has 1 aliphatic rings. The molecule has 84 valence electrons. The van der Waals surface area contributed by atoms with Crippen molar-refractivity contribution in [2.75, 3.05) is 33.7 Å². The SMILES string of the molecule is CN1CCN(C)C(Cc2nsc(Br)n2)C1. The van der Waals surface area contributed by atoms with Crippen molar-refractivity contribution in [2.45, 2.75) is 12.5 Å². The van der Waals surface area contributed by atoms with Gasteiger partial charge in [0.15, 0.2) is 3.92 Å². The van der Waals surface area contributed by atoms with Gasteiger partial charge in [0, 0.05) is 32.1 Å². The van der Waals surface area contributed by atoms with Crippen LogP contribution in [0.5, 0.6) is 0 Å². The van der Waals surface area contributed by atoms with Gasteiger partial charge in [0.2, 0.25) is 0 Å². The molecule has 2 heterocycles. The zero-order chi connectivity index (χ0) is 10.8. The summed E-state index contributed by atoms with van der Waals surface area (Å²) >= 11 is 4.76. The second kappa shape index (κ2) is 4.86. The minimum atomic E-state index is 0.547. The lowest BCUT2D eigenvalue weighted by atomic mass is 10.1. The molecule has 2 rings (SSSR count). The van der Waals surface area contributed by atoms with E-state index in [2.05, 4.69) is 49.2 Å². The molecule has 1 aliphatic heterocycles. The summed E-state index contributed by atoms with van der Waals surface area (Å²) in [4.78, 5) is 9.11. The number of aromatic nitrogens is 2. The van der Waals surface area contributed by atoms with Gasteiger partial charge in [-0.1, -0.05) is 0 Å². The molecule has 0 aromatic carbocycles. The minimum Gasteiger partial charge on any atom is -0.304 e. The molecule has 0 bridgehead atoms. The molecule has 0 spiro atoms. The van der Waals surface area contributed by atoms with Gasteiger partial charge in [0.05, 0.1) is 0 Å². The smallest absolute Gasteiger partial charge is 0.179 e. The first kappa shape index (κ1) is 11.4. The van der Waals surface area contributed by atoms with Crippen molar-refractivity contribution in [3.63, 3.8) is 0 Å². The fraction of sp³-hybridized carbons (Fsp3) is 0.778. The Morgan fingerprint density at radius 3 is 2.93 bits per heavy atom. The predicted octanol–water partition coefficient (Wildman–Crippen LogP) is 1.09. The molecule has 0 radical (unpaired) electrons. The number of halogens is 1. The first-order valence-electron chi connectivity index (χ1n) is 5.02. The van der Waals surface area contributed by atoms with E-state index in [0.717, 1.165) is 35.8 Å². The second-order valence-electron chi connectivity index (χ2n) is 4.06. The van der Waals surface area contributed by atoms with E-state index >= 15 is 0 Å². The average molecular weight is 291 g/mol. The molecule has 4 nitrogen and oxygen atoms in total. The Morgan fingerprint density at radius 2 is 2.27 bits per heavy atom. The van der Waals surface area contributed by atoms with Crippen LogP contribution in [0.3, 0.4) is 0 Å². The summed E-state index contributed by atoms with van der Waals surface area (Å²) in [7, 11) is 4.35. The highest BCUT2D eigenvalue weighted by Crippen LogP contribution is 2.15. The van der Waals surface area contributed by atoms with Crippen molar-refractivity contribution in [3.05, 3.63) is 9.74 Å². The lowest BCUT2D eigenvalue weighted by molar-refractivity contribution is 0.113. The van der Waals surface area contributed by atoms with E-state index in [1.165, 1.54) is 11.5 Å². The van der Waals surface area contributed by atoms with Crippen LogP contribution < -0.4 is 0 Å². The minimum absolute atomic E-state index is 0.547. The number of hydrogen-bond acceptors (Lipinski definition) is 5. The monoisotopic (exact) mass is 290 g/mol. The molecule has 0 N–H and O–H groups in total. The predicted molar refractivity (Wildman–Crippen MR) is 65.2 cm³/mol. The Balaban J connectivity index is 1.98. The fourth-order valence-electron chi connectivity index (χ4n) is 1.85. The summed E-state index contributed by atoms with van der Waals surface area (Å²) in [6.07, 6.45) is 0.947. The van der Waals surface area contributed by atoms with Crippen LogP contribution in [0.15, 0.2) is 3.92 Å². The molecule has 15 heavy (non-hydrogen) atoms. The molecule has 1 fully saturated rings. The Morgan fingerprint density at radius 1 is 1.47 bits per heavy atom. The van der Waals surface area contributed by atoms with E-state index in [9.17, 15) is 0 Å². The number of nitrogens with zero attached hydrogens (tertiary/aromatic N) is 4. The number of likely N-dealkylation sites (N-methyl/N-ethyl adjacent to an activating group) is 2. The van der Waals surface area contributed by atoms with E-state index in [0.29, 0.717) is 6.04 Å². The van der Waals surface area contributed by atoms with Gasteiger partial charge in [-0.25, -0.2) is 4.98 Å². The molecule has 1 saturated heterocycles. The van der Waals surface area contributed by atoms with Gasteiger partial charge >= 0.3 is 0 Å². The van der Waals surface area contributed by atoms with Crippen LogP contribution in [0.1, 0.15) is 5.82 Å². The zero-order valence-corrected chi connectivity index (χ0v) is 11.4. The highest BCUT2D eigenvalue weighted by Gasteiger charge is 2.23. The van der Waals surface area contributed by atoms with Crippen LogP contribution in [-0.2, 0) is 6.42 Å². The lowest BCUT2D eigenvalue weighted by Gasteiger charge is -2.37. The van der Waals surface area contributed by atoms with E-state index < -0.39 is 0 Å². The average Bonchev–Trinajstić information content (AvgIpc) is 2.58. The van der Waals surface area contributed by atoms with Crippen molar-refractivity contribution in [2.24, 2.45) is 0 Å². The maximum absolute atomic E-state index is 4.34. The standard InChI is InChI=1S/C9H15BrN4S/c1-13-3-4-14(2)7(6-13)5-8-11-9(10)15-12-8/h7H,3-6H2,1-2H3. The van der Waals surface area contributed by atoms with Crippen LogP contribution in [0, 0.1) is 0 Å². The molecule has 1 aromatic heterocycles. The maximum Gasteiger partial charge on any atom is 0.179 e. The molecule has 0 aliphatic carbocycles. The Kier molecular flexibility index (Phi) is 3.71. The van der Waals surface area contributed by atoms with Gasteiger partial charge in [0.25, 0.3) is 0 Å². The zero-order valence-electron chi connectivity index (χ0n) is 8.98. The van der Waals surface area contributed by atoms with Gasteiger partial charge < -0.3 is 9.80 Å². The molecule has 6 heteroatoms. The van der Waals surface area contributed by atoms with Gasteiger partial charge in [-0.2, -0.15) is 4.37 Å². The Labute approximate surface area is 103 Å². The van der Waals surface area contributed by atoms with E-state index in [-0.39, 0.29) is 0 Å². The van der Waals surface area contributed by atoms with Crippen molar-refractivity contribution >= 4 is 27.5 Å². The summed E-state index contributed by atoms with van der Waals surface area (Å²) in [5, 5.41) is 0. The summed E-state index contributed by atoms with van der Waals surface area (Å²) in [5.74, 6) is 0.957. The largest absolute Gasteiger partial charge is 0.304 e. The molecular formula is C9H15BrN4S. The Hall–Kier alpha value is -0.0400.